The average molecular weight is 306 g/mol. The van der Waals surface area contributed by atoms with Gasteiger partial charge in [0.25, 0.3) is 0 Å². The van der Waals surface area contributed by atoms with Crippen molar-refractivity contribution >= 4 is 35.0 Å². The van der Waals surface area contributed by atoms with E-state index >= 15 is 0 Å². The smallest absolute Gasteiger partial charge is 0.238 e. The van der Waals surface area contributed by atoms with Crippen LogP contribution in [0, 0.1) is 0 Å². The summed E-state index contributed by atoms with van der Waals surface area (Å²) in [4.78, 5) is 13.9. The number of hydrogen-bond acceptors (Lipinski definition) is 3. The first-order valence-corrected chi connectivity index (χ1v) is 7.56. The van der Waals surface area contributed by atoms with Gasteiger partial charge >= 0.3 is 0 Å². The third-order valence-electron chi connectivity index (χ3n) is 3.15. The third-order valence-corrected chi connectivity index (χ3v) is 4.62. The Bertz CT molecular complexity index is 627. The Hall–Kier alpha value is -1.65. The maximum atomic E-state index is 12.1. The summed E-state index contributed by atoms with van der Waals surface area (Å²) in [7, 11) is 0. The molecule has 0 saturated carbocycles. The van der Waals surface area contributed by atoms with Crippen molar-refractivity contribution in [1.29, 1.82) is 0 Å². The number of amides is 1. The number of rotatable bonds is 2. The summed E-state index contributed by atoms with van der Waals surface area (Å²) in [5.74, 6) is 0.755. The highest BCUT2D eigenvalue weighted by Gasteiger charge is 2.33. The molecule has 0 spiro atoms. The minimum Gasteiger partial charge on any atom is -0.508 e. The maximum Gasteiger partial charge on any atom is 0.238 e. The standard InChI is InChI=1S/C15H12ClNO2S/c16-11-3-5-12(6-4-11)17-14(19)9-20-15(17)10-1-7-13(18)8-2-10/h1-8,15,18H,9H2. The van der Waals surface area contributed by atoms with Crippen LogP contribution in [0.4, 0.5) is 5.69 Å². The minimum absolute atomic E-state index is 0.0655. The molecule has 1 heterocycles. The van der Waals surface area contributed by atoms with Crippen molar-refractivity contribution in [2.24, 2.45) is 0 Å². The number of thioether (sulfide) groups is 1. The van der Waals surface area contributed by atoms with E-state index in [1.54, 1.807) is 40.9 Å². The molecule has 2 aromatic carbocycles. The largest absolute Gasteiger partial charge is 0.508 e. The highest BCUT2D eigenvalue weighted by molar-refractivity contribution is 8.00. The number of hydrogen-bond donors (Lipinski definition) is 1. The molecule has 20 heavy (non-hydrogen) atoms. The van der Waals surface area contributed by atoms with Crippen molar-refractivity contribution in [3.8, 4) is 5.75 Å². The van der Waals surface area contributed by atoms with Crippen molar-refractivity contribution < 1.29 is 9.90 Å². The molecule has 0 aromatic heterocycles. The van der Waals surface area contributed by atoms with Gasteiger partial charge in [0.2, 0.25) is 5.91 Å². The number of anilines is 1. The average Bonchev–Trinajstić information content (AvgIpc) is 2.83. The van der Waals surface area contributed by atoms with E-state index in [1.165, 1.54) is 0 Å². The van der Waals surface area contributed by atoms with Crippen LogP contribution in [-0.4, -0.2) is 16.8 Å². The second-order valence-electron chi connectivity index (χ2n) is 4.50. The lowest BCUT2D eigenvalue weighted by atomic mass is 10.2. The van der Waals surface area contributed by atoms with Gasteiger partial charge in [0.05, 0.1) is 5.75 Å². The third kappa shape index (κ3) is 2.49. The van der Waals surface area contributed by atoms with Gasteiger partial charge in [-0.05, 0) is 42.0 Å². The maximum absolute atomic E-state index is 12.1. The fraction of sp³-hybridized carbons (Fsp3) is 0.133. The fourth-order valence-corrected chi connectivity index (χ4v) is 3.49. The van der Waals surface area contributed by atoms with Crippen LogP contribution in [0.5, 0.6) is 5.75 Å². The van der Waals surface area contributed by atoms with Gasteiger partial charge in [-0.3, -0.25) is 9.69 Å². The van der Waals surface area contributed by atoms with Crippen LogP contribution in [0.2, 0.25) is 5.02 Å². The summed E-state index contributed by atoms with van der Waals surface area (Å²) in [6.07, 6.45) is 0. The van der Waals surface area contributed by atoms with Crippen LogP contribution in [0.1, 0.15) is 10.9 Å². The van der Waals surface area contributed by atoms with Gasteiger partial charge in [-0.15, -0.1) is 11.8 Å². The number of phenols is 1. The molecule has 1 atom stereocenters. The molecular formula is C15H12ClNO2S. The topological polar surface area (TPSA) is 40.5 Å². The van der Waals surface area contributed by atoms with Gasteiger partial charge in [-0.25, -0.2) is 0 Å². The number of phenolic OH excluding ortho intramolecular Hbond substituents is 1. The van der Waals surface area contributed by atoms with E-state index in [2.05, 4.69) is 0 Å². The van der Waals surface area contributed by atoms with E-state index in [1.807, 2.05) is 24.3 Å². The number of carbonyl (C=O) groups excluding carboxylic acids is 1. The van der Waals surface area contributed by atoms with Crippen molar-refractivity contribution in [3.63, 3.8) is 0 Å². The molecule has 5 heteroatoms. The van der Waals surface area contributed by atoms with E-state index in [0.717, 1.165) is 11.3 Å². The molecule has 1 aliphatic rings. The van der Waals surface area contributed by atoms with Gasteiger partial charge in [0, 0.05) is 10.7 Å². The molecule has 2 aromatic rings. The van der Waals surface area contributed by atoms with Gasteiger partial charge in [0.1, 0.15) is 11.1 Å². The molecule has 1 aliphatic heterocycles. The van der Waals surface area contributed by atoms with Crippen molar-refractivity contribution in [3.05, 3.63) is 59.1 Å². The molecule has 1 amide bonds. The molecular weight excluding hydrogens is 294 g/mol. The number of carbonyl (C=O) groups is 1. The van der Waals surface area contributed by atoms with Gasteiger partial charge < -0.3 is 5.11 Å². The normalized spacial score (nSPS) is 18.6. The first kappa shape index (κ1) is 13.3. The van der Waals surface area contributed by atoms with Gasteiger partial charge in [-0.2, -0.15) is 0 Å². The molecule has 1 N–H and O–H groups in total. The summed E-state index contributed by atoms with van der Waals surface area (Å²) < 4.78 is 0. The van der Waals surface area contributed by atoms with E-state index in [-0.39, 0.29) is 17.0 Å². The molecule has 3 nitrogen and oxygen atoms in total. The molecule has 1 unspecified atom stereocenters. The Morgan fingerprint density at radius 1 is 1.10 bits per heavy atom. The summed E-state index contributed by atoms with van der Waals surface area (Å²) in [6.45, 7) is 0. The second kappa shape index (κ2) is 5.38. The SMILES string of the molecule is O=C1CSC(c2ccc(O)cc2)N1c1ccc(Cl)cc1. The Morgan fingerprint density at radius 3 is 2.40 bits per heavy atom. The van der Waals surface area contributed by atoms with Crippen LogP contribution in [0.15, 0.2) is 48.5 Å². The molecule has 0 radical (unpaired) electrons. The zero-order valence-electron chi connectivity index (χ0n) is 10.5. The molecule has 0 aliphatic carbocycles. The summed E-state index contributed by atoms with van der Waals surface area (Å²) in [6, 6.07) is 14.2. The van der Waals surface area contributed by atoms with Crippen LogP contribution in [0.25, 0.3) is 0 Å². The van der Waals surface area contributed by atoms with Crippen LogP contribution >= 0.6 is 23.4 Å². The molecule has 1 saturated heterocycles. The van der Waals surface area contributed by atoms with Gasteiger partial charge in [-0.1, -0.05) is 23.7 Å². The lowest BCUT2D eigenvalue weighted by Gasteiger charge is -2.24. The Balaban J connectivity index is 1.96. The van der Waals surface area contributed by atoms with E-state index in [4.69, 9.17) is 11.6 Å². The second-order valence-corrected chi connectivity index (χ2v) is 6.00. The van der Waals surface area contributed by atoms with E-state index in [0.29, 0.717) is 10.8 Å². The Kier molecular flexibility index (Phi) is 3.59. The van der Waals surface area contributed by atoms with Crippen molar-refractivity contribution in [2.45, 2.75) is 5.37 Å². The van der Waals surface area contributed by atoms with Crippen molar-refractivity contribution in [2.75, 3.05) is 10.7 Å². The van der Waals surface area contributed by atoms with Crippen molar-refractivity contribution in [1.82, 2.24) is 0 Å². The molecule has 1 fully saturated rings. The van der Waals surface area contributed by atoms with E-state index < -0.39 is 0 Å². The monoisotopic (exact) mass is 305 g/mol. The first-order chi connectivity index (χ1) is 9.65. The number of nitrogens with zero attached hydrogens (tertiary/aromatic N) is 1. The number of aromatic hydroxyl groups is 1. The quantitative estimate of drug-likeness (QED) is 0.917. The summed E-state index contributed by atoms with van der Waals surface area (Å²) in [5.41, 5.74) is 1.83. The first-order valence-electron chi connectivity index (χ1n) is 6.13. The zero-order chi connectivity index (χ0) is 14.1. The zero-order valence-corrected chi connectivity index (χ0v) is 12.1. The molecule has 0 bridgehead atoms. The summed E-state index contributed by atoms with van der Waals surface area (Å²) in [5, 5.41) is 9.94. The van der Waals surface area contributed by atoms with E-state index in [9.17, 15) is 9.90 Å². The Labute approximate surface area is 126 Å². The number of benzene rings is 2. The molecule has 3 rings (SSSR count). The lowest BCUT2D eigenvalue weighted by molar-refractivity contribution is -0.115. The van der Waals surface area contributed by atoms with Crippen LogP contribution in [-0.2, 0) is 4.79 Å². The highest BCUT2D eigenvalue weighted by Crippen LogP contribution is 2.42. The summed E-state index contributed by atoms with van der Waals surface area (Å²) >= 11 is 7.47. The fourth-order valence-electron chi connectivity index (χ4n) is 2.19. The number of halogens is 1. The predicted molar refractivity (Wildman–Crippen MR) is 82.2 cm³/mol. The van der Waals surface area contributed by atoms with Gasteiger partial charge in [0.15, 0.2) is 0 Å². The minimum atomic E-state index is -0.0655. The lowest BCUT2D eigenvalue weighted by Crippen LogP contribution is -2.27. The molecule has 102 valence electrons. The Morgan fingerprint density at radius 2 is 1.75 bits per heavy atom. The predicted octanol–water partition coefficient (Wildman–Crippen LogP) is 3.82. The highest BCUT2D eigenvalue weighted by atomic mass is 35.5. The van der Waals surface area contributed by atoms with Crippen LogP contribution in [0.3, 0.4) is 0 Å². The van der Waals surface area contributed by atoms with Crippen LogP contribution < -0.4 is 4.90 Å².